The van der Waals surface area contributed by atoms with Crippen LogP contribution in [0.25, 0.3) is 11.4 Å². The number of carbonyl (C=O) groups excluding carboxylic acids is 1. The maximum absolute atomic E-state index is 13.3. The lowest BCUT2D eigenvalue weighted by Gasteiger charge is -2.15. The fourth-order valence-electron chi connectivity index (χ4n) is 3.22. The minimum atomic E-state index is -0.500. The molecule has 3 aromatic rings. The smallest absolute Gasteiger partial charge is 0.232 e. The zero-order valence-electron chi connectivity index (χ0n) is 14.4. The van der Waals surface area contributed by atoms with E-state index >= 15 is 0 Å². The van der Waals surface area contributed by atoms with Crippen molar-refractivity contribution >= 4 is 17.5 Å². The molecule has 0 radical (unpaired) electrons. The number of hydrogen-bond donors (Lipinski definition) is 0. The molecule has 1 saturated heterocycles. The molecule has 4 rings (SSSR count). The molecule has 0 N–H and O–H groups in total. The summed E-state index contributed by atoms with van der Waals surface area (Å²) in [5.41, 5.74) is 1.77. The van der Waals surface area contributed by atoms with Gasteiger partial charge < -0.3 is 9.42 Å². The van der Waals surface area contributed by atoms with Gasteiger partial charge in [0, 0.05) is 25.1 Å². The van der Waals surface area contributed by atoms with Crippen LogP contribution in [0, 0.1) is 5.82 Å². The summed E-state index contributed by atoms with van der Waals surface area (Å²) in [6.45, 7) is 1.21. The zero-order valence-corrected chi connectivity index (χ0v) is 15.2. The number of hydrogen-bond acceptors (Lipinski definition) is 4. The van der Waals surface area contributed by atoms with Crippen LogP contribution in [0.5, 0.6) is 0 Å². The fraction of sp³-hybridized carbons (Fsp3) is 0.250. The van der Waals surface area contributed by atoms with Gasteiger partial charge in [-0.1, -0.05) is 47.1 Å². The number of nitrogens with zero attached hydrogens (tertiary/aromatic N) is 3. The van der Waals surface area contributed by atoms with Crippen LogP contribution in [0.4, 0.5) is 4.39 Å². The predicted molar refractivity (Wildman–Crippen MR) is 98.8 cm³/mol. The summed E-state index contributed by atoms with van der Waals surface area (Å²) in [7, 11) is 0. The first-order valence-electron chi connectivity index (χ1n) is 8.71. The maximum Gasteiger partial charge on any atom is 0.232 e. The average molecular weight is 386 g/mol. The van der Waals surface area contributed by atoms with E-state index in [9.17, 15) is 9.18 Å². The van der Waals surface area contributed by atoms with Gasteiger partial charge in [-0.2, -0.15) is 4.98 Å². The van der Waals surface area contributed by atoms with Crippen molar-refractivity contribution in [1.82, 2.24) is 15.0 Å². The summed E-state index contributed by atoms with van der Waals surface area (Å²) >= 11 is 5.81. The second kappa shape index (κ2) is 7.48. The van der Waals surface area contributed by atoms with Gasteiger partial charge in [-0.25, -0.2) is 4.39 Å². The third-order valence-electron chi connectivity index (χ3n) is 4.70. The molecule has 0 bridgehead atoms. The number of benzene rings is 2. The maximum atomic E-state index is 13.3. The van der Waals surface area contributed by atoms with E-state index in [0.717, 1.165) is 6.42 Å². The van der Waals surface area contributed by atoms with Crippen LogP contribution in [0.1, 0.15) is 23.8 Å². The van der Waals surface area contributed by atoms with Crippen molar-refractivity contribution in [3.8, 4) is 11.4 Å². The van der Waals surface area contributed by atoms with E-state index in [1.54, 1.807) is 6.07 Å². The summed E-state index contributed by atoms with van der Waals surface area (Å²) in [6, 6.07) is 14.3. The number of halogens is 2. The van der Waals surface area contributed by atoms with Crippen LogP contribution < -0.4 is 0 Å². The highest BCUT2D eigenvalue weighted by Crippen LogP contribution is 2.29. The van der Waals surface area contributed by atoms with Gasteiger partial charge in [0.1, 0.15) is 5.82 Å². The Hall–Kier alpha value is -2.73. The third kappa shape index (κ3) is 3.85. The second-order valence-corrected chi connectivity index (χ2v) is 6.97. The minimum Gasteiger partial charge on any atom is -0.342 e. The molecule has 7 heteroatoms. The van der Waals surface area contributed by atoms with E-state index in [1.165, 1.54) is 17.7 Å². The summed E-state index contributed by atoms with van der Waals surface area (Å²) in [5, 5.41) is 3.95. The van der Waals surface area contributed by atoms with Crippen molar-refractivity contribution in [2.45, 2.75) is 18.8 Å². The Balaban J connectivity index is 1.43. The molecule has 0 aliphatic carbocycles. The Labute approximate surface area is 160 Å². The summed E-state index contributed by atoms with van der Waals surface area (Å²) < 4.78 is 18.7. The van der Waals surface area contributed by atoms with Gasteiger partial charge in [-0.3, -0.25) is 4.79 Å². The summed E-state index contributed by atoms with van der Waals surface area (Å²) in [4.78, 5) is 18.5. The van der Waals surface area contributed by atoms with Crippen LogP contribution >= 0.6 is 11.6 Å². The molecular weight excluding hydrogens is 369 g/mol. The molecule has 1 unspecified atom stereocenters. The largest absolute Gasteiger partial charge is 0.342 e. The van der Waals surface area contributed by atoms with Gasteiger partial charge in [-0.05, 0) is 30.2 Å². The molecule has 1 atom stereocenters. The third-order valence-corrected chi connectivity index (χ3v) is 4.99. The second-order valence-electron chi connectivity index (χ2n) is 6.56. The van der Waals surface area contributed by atoms with E-state index in [4.69, 9.17) is 16.1 Å². The molecule has 1 aliphatic rings. The van der Waals surface area contributed by atoms with Gasteiger partial charge in [0.05, 0.1) is 10.9 Å². The summed E-state index contributed by atoms with van der Waals surface area (Å²) in [5.74, 6) is 0.202. The van der Waals surface area contributed by atoms with Crippen molar-refractivity contribution in [2.75, 3.05) is 13.1 Å². The van der Waals surface area contributed by atoms with Crippen LogP contribution in [-0.2, 0) is 11.2 Å². The molecule has 1 aliphatic heterocycles. The number of carbonyl (C=O) groups is 1. The molecular formula is C20H17ClFN3O2. The molecule has 0 spiro atoms. The number of rotatable bonds is 5. The van der Waals surface area contributed by atoms with Gasteiger partial charge in [0.2, 0.25) is 17.6 Å². The van der Waals surface area contributed by atoms with Gasteiger partial charge in [-0.15, -0.1) is 0 Å². The standard InChI is InChI=1S/C20H17ClFN3O2/c21-16-10-14(6-7-17(16)22)19-23-20(27-24-19)15-11-18(26)25(12-15)9-8-13-4-2-1-3-5-13/h1-7,10,15H,8-9,11-12H2. The molecule has 1 aromatic heterocycles. The Bertz CT molecular complexity index is 961. The number of aromatic nitrogens is 2. The Morgan fingerprint density at radius 3 is 2.81 bits per heavy atom. The van der Waals surface area contributed by atoms with E-state index in [1.807, 2.05) is 23.1 Å². The lowest BCUT2D eigenvalue weighted by atomic mass is 10.1. The zero-order chi connectivity index (χ0) is 18.8. The van der Waals surface area contributed by atoms with Crippen molar-refractivity contribution < 1.29 is 13.7 Å². The highest BCUT2D eigenvalue weighted by Gasteiger charge is 2.34. The van der Waals surface area contributed by atoms with Crippen molar-refractivity contribution in [3.05, 3.63) is 70.8 Å². The lowest BCUT2D eigenvalue weighted by Crippen LogP contribution is -2.27. The summed E-state index contributed by atoms with van der Waals surface area (Å²) in [6.07, 6.45) is 1.16. The molecule has 1 amide bonds. The molecule has 138 valence electrons. The monoisotopic (exact) mass is 385 g/mol. The van der Waals surface area contributed by atoms with Gasteiger partial charge >= 0.3 is 0 Å². The van der Waals surface area contributed by atoms with Crippen LogP contribution in [0.15, 0.2) is 53.1 Å². The first-order chi connectivity index (χ1) is 13.1. The Kier molecular flexibility index (Phi) is 4.90. The normalized spacial score (nSPS) is 16.9. The van der Waals surface area contributed by atoms with Crippen molar-refractivity contribution in [3.63, 3.8) is 0 Å². The SMILES string of the molecule is O=C1CC(c2nc(-c3ccc(F)c(Cl)c3)no2)CN1CCc1ccccc1. The van der Waals surface area contributed by atoms with Crippen LogP contribution in [0.2, 0.25) is 5.02 Å². The van der Waals surface area contributed by atoms with E-state index in [2.05, 4.69) is 22.3 Å². The highest BCUT2D eigenvalue weighted by atomic mass is 35.5. The molecule has 2 heterocycles. The number of amides is 1. The molecule has 2 aromatic carbocycles. The molecule has 27 heavy (non-hydrogen) atoms. The Morgan fingerprint density at radius 2 is 2.04 bits per heavy atom. The Morgan fingerprint density at radius 1 is 1.22 bits per heavy atom. The van der Waals surface area contributed by atoms with Crippen LogP contribution in [-0.4, -0.2) is 34.0 Å². The van der Waals surface area contributed by atoms with E-state index < -0.39 is 5.82 Å². The molecule has 1 fully saturated rings. The topological polar surface area (TPSA) is 59.2 Å². The average Bonchev–Trinajstić information content (AvgIpc) is 3.30. The van der Waals surface area contributed by atoms with Crippen molar-refractivity contribution in [2.24, 2.45) is 0 Å². The first kappa shape index (κ1) is 17.7. The highest BCUT2D eigenvalue weighted by molar-refractivity contribution is 6.31. The van der Waals surface area contributed by atoms with Gasteiger partial charge in [0.25, 0.3) is 0 Å². The minimum absolute atomic E-state index is 0.00183. The quantitative estimate of drug-likeness (QED) is 0.663. The van der Waals surface area contributed by atoms with Crippen LogP contribution in [0.3, 0.4) is 0 Å². The molecule has 5 nitrogen and oxygen atoms in total. The van der Waals surface area contributed by atoms with Crippen molar-refractivity contribution in [1.29, 1.82) is 0 Å². The van der Waals surface area contributed by atoms with E-state index in [-0.39, 0.29) is 16.8 Å². The van der Waals surface area contributed by atoms with E-state index in [0.29, 0.717) is 36.8 Å². The number of likely N-dealkylation sites (tertiary alicyclic amines) is 1. The predicted octanol–water partition coefficient (Wildman–Crippen LogP) is 4.09. The lowest BCUT2D eigenvalue weighted by molar-refractivity contribution is -0.127. The first-order valence-corrected chi connectivity index (χ1v) is 9.08. The van der Waals surface area contributed by atoms with Gasteiger partial charge in [0.15, 0.2) is 0 Å². The molecule has 0 saturated carbocycles. The fourth-order valence-corrected chi connectivity index (χ4v) is 3.40.